The molecule has 1 amide bonds. The highest BCUT2D eigenvalue weighted by atomic mass is 19.1. The van der Waals surface area contributed by atoms with Crippen LogP contribution < -0.4 is 11.1 Å². The number of rotatable bonds is 3. The summed E-state index contributed by atoms with van der Waals surface area (Å²) in [5.74, 6) is -0.490. The highest BCUT2D eigenvalue weighted by Gasteiger charge is 2.20. The van der Waals surface area contributed by atoms with E-state index in [-0.39, 0.29) is 17.8 Å². The van der Waals surface area contributed by atoms with E-state index in [4.69, 9.17) is 5.73 Å². The van der Waals surface area contributed by atoms with Crippen LogP contribution >= 0.6 is 0 Å². The van der Waals surface area contributed by atoms with Crippen molar-refractivity contribution in [2.45, 2.75) is 12.5 Å². The predicted octanol–water partition coefficient (Wildman–Crippen LogP) is 0.797. The fraction of sp³-hybridized carbons (Fsp3) is 0.417. The van der Waals surface area contributed by atoms with E-state index in [9.17, 15) is 9.18 Å². The van der Waals surface area contributed by atoms with Gasteiger partial charge in [-0.05, 0) is 24.6 Å². The zero-order chi connectivity index (χ0) is 12.3. The van der Waals surface area contributed by atoms with Crippen LogP contribution in [0.5, 0.6) is 0 Å². The van der Waals surface area contributed by atoms with Crippen LogP contribution in [0.1, 0.15) is 6.42 Å². The minimum Gasteiger partial charge on any atom is -0.326 e. The van der Waals surface area contributed by atoms with Gasteiger partial charge in [-0.25, -0.2) is 4.39 Å². The molecule has 1 heterocycles. The summed E-state index contributed by atoms with van der Waals surface area (Å²) in [6.07, 6.45) is 0.924. The number of anilines is 1. The summed E-state index contributed by atoms with van der Waals surface area (Å²) in [5, 5.41) is 2.66. The van der Waals surface area contributed by atoms with Gasteiger partial charge in [-0.1, -0.05) is 6.07 Å². The number of hydrogen-bond acceptors (Lipinski definition) is 3. The summed E-state index contributed by atoms with van der Waals surface area (Å²) >= 11 is 0. The van der Waals surface area contributed by atoms with E-state index in [1.54, 1.807) is 12.1 Å². The monoisotopic (exact) mass is 237 g/mol. The summed E-state index contributed by atoms with van der Waals surface area (Å²) in [6, 6.07) is 6.04. The lowest BCUT2D eigenvalue weighted by atomic mass is 10.3. The molecule has 3 N–H and O–H groups in total. The first-order valence-electron chi connectivity index (χ1n) is 5.67. The first kappa shape index (κ1) is 12.0. The quantitative estimate of drug-likeness (QED) is 0.817. The van der Waals surface area contributed by atoms with Crippen molar-refractivity contribution in [2.24, 2.45) is 5.73 Å². The van der Waals surface area contributed by atoms with Gasteiger partial charge in [-0.3, -0.25) is 9.69 Å². The Morgan fingerprint density at radius 2 is 2.41 bits per heavy atom. The predicted molar refractivity (Wildman–Crippen MR) is 64.1 cm³/mol. The highest BCUT2D eigenvalue weighted by molar-refractivity contribution is 5.92. The molecule has 0 radical (unpaired) electrons. The van der Waals surface area contributed by atoms with Gasteiger partial charge < -0.3 is 11.1 Å². The molecule has 0 bridgehead atoms. The Labute approximate surface area is 99.6 Å². The lowest BCUT2D eigenvalue weighted by Gasteiger charge is -2.14. The zero-order valence-electron chi connectivity index (χ0n) is 9.53. The molecule has 1 saturated heterocycles. The molecule has 5 heteroatoms. The average Bonchev–Trinajstić information content (AvgIpc) is 2.63. The van der Waals surface area contributed by atoms with Crippen LogP contribution in [-0.2, 0) is 4.79 Å². The van der Waals surface area contributed by atoms with Crippen LogP contribution in [-0.4, -0.2) is 36.5 Å². The number of benzene rings is 1. The summed E-state index contributed by atoms with van der Waals surface area (Å²) in [7, 11) is 0. The van der Waals surface area contributed by atoms with Crippen molar-refractivity contribution >= 4 is 11.6 Å². The van der Waals surface area contributed by atoms with E-state index in [0.29, 0.717) is 12.2 Å². The second-order valence-corrected chi connectivity index (χ2v) is 4.34. The van der Waals surface area contributed by atoms with Crippen molar-refractivity contribution in [3.63, 3.8) is 0 Å². The maximum atomic E-state index is 12.9. The number of nitrogens with two attached hydrogens (primary N) is 1. The maximum absolute atomic E-state index is 12.9. The van der Waals surface area contributed by atoms with E-state index in [1.165, 1.54) is 12.1 Å². The average molecular weight is 237 g/mol. The molecule has 0 aromatic heterocycles. The molecular weight excluding hydrogens is 221 g/mol. The van der Waals surface area contributed by atoms with Gasteiger partial charge in [0.25, 0.3) is 0 Å². The number of nitrogens with one attached hydrogen (secondary N) is 1. The van der Waals surface area contributed by atoms with Crippen LogP contribution in [0.15, 0.2) is 24.3 Å². The Hall–Kier alpha value is -1.46. The Kier molecular flexibility index (Phi) is 3.71. The molecule has 0 spiro atoms. The number of carbonyl (C=O) groups excluding carboxylic acids is 1. The standard InChI is InChI=1S/C12H16FN3O/c13-9-2-1-3-11(6-9)15-12(17)8-16-5-4-10(14)7-16/h1-3,6,10H,4-5,7-8,14H2,(H,15,17)/t10-/m1/s1. The second kappa shape index (κ2) is 5.25. The Balaban J connectivity index is 1.85. The topological polar surface area (TPSA) is 58.4 Å². The number of halogens is 1. The van der Waals surface area contributed by atoms with E-state index in [0.717, 1.165) is 19.5 Å². The fourth-order valence-corrected chi connectivity index (χ4v) is 1.98. The van der Waals surface area contributed by atoms with Crippen LogP contribution in [0.25, 0.3) is 0 Å². The molecular formula is C12H16FN3O. The third-order valence-corrected chi connectivity index (χ3v) is 2.78. The van der Waals surface area contributed by atoms with Gasteiger partial charge in [0.1, 0.15) is 5.82 Å². The van der Waals surface area contributed by atoms with Crippen molar-refractivity contribution in [3.05, 3.63) is 30.1 Å². The summed E-state index contributed by atoms with van der Waals surface area (Å²) in [5.41, 5.74) is 6.24. The molecule has 17 heavy (non-hydrogen) atoms. The lowest BCUT2D eigenvalue weighted by Crippen LogP contribution is -2.33. The molecule has 1 fully saturated rings. The smallest absolute Gasteiger partial charge is 0.238 e. The van der Waals surface area contributed by atoms with Gasteiger partial charge in [-0.15, -0.1) is 0 Å². The van der Waals surface area contributed by atoms with Crippen LogP contribution in [0.4, 0.5) is 10.1 Å². The molecule has 4 nitrogen and oxygen atoms in total. The summed E-state index contributed by atoms with van der Waals surface area (Å²) < 4.78 is 12.9. The van der Waals surface area contributed by atoms with Gasteiger partial charge >= 0.3 is 0 Å². The third kappa shape index (κ3) is 3.51. The van der Waals surface area contributed by atoms with Gasteiger partial charge in [0, 0.05) is 24.8 Å². The van der Waals surface area contributed by atoms with Crippen LogP contribution in [0, 0.1) is 5.82 Å². The van der Waals surface area contributed by atoms with E-state index in [1.807, 2.05) is 4.90 Å². The van der Waals surface area contributed by atoms with Crippen molar-refractivity contribution in [2.75, 3.05) is 25.0 Å². The SMILES string of the molecule is N[C@@H]1CCN(CC(=O)Nc2cccc(F)c2)C1. The number of carbonyl (C=O) groups is 1. The largest absolute Gasteiger partial charge is 0.326 e. The lowest BCUT2D eigenvalue weighted by molar-refractivity contribution is -0.117. The fourth-order valence-electron chi connectivity index (χ4n) is 1.98. The van der Waals surface area contributed by atoms with Gasteiger partial charge in [0.15, 0.2) is 0 Å². The molecule has 1 atom stereocenters. The normalized spacial score (nSPS) is 20.5. The second-order valence-electron chi connectivity index (χ2n) is 4.34. The first-order valence-corrected chi connectivity index (χ1v) is 5.67. The minimum atomic E-state index is -0.356. The third-order valence-electron chi connectivity index (χ3n) is 2.78. The van der Waals surface area contributed by atoms with Gasteiger partial charge in [-0.2, -0.15) is 0 Å². The summed E-state index contributed by atoms with van der Waals surface area (Å²) in [6.45, 7) is 1.90. The number of hydrogen-bond donors (Lipinski definition) is 2. The number of likely N-dealkylation sites (tertiary alicyclic amines) is 1. The molecule has 0 unspecified atom stereocenters. The Morgan fingerprint density at radius 3 is 3.06 bits per heavy atom. The Bertz CT molecular complexity index is 410. The molecule has 1 aromatic carbocycles. The van der Waals surface area contributed by atoms with Crippen molar-refractivity contribution < 1.29 is 9.18 Å². The molecule has 1 aliphatic heterocycles. The van der Waals surface area contributed by atoms with Gasteiger partial charge in [0.2, 0.25) is 5.91 Å². The van der Waals surface area contributed by atoms with E-state index in [2.05, 4.69) is 5.32 Å². The van der Waals surface area contributed by atoms with E-state index < -0.39 is 0 Å². The summed E-state index contributed by atoms with van der Waals surface area (Å²) in [4.78, 5) is 13.7. The van der Waals surface area contributed by atoms with Gasteiger partial charge in [0.05, 0.1) is 6.54 Å². The number of nitrogens with zero attached hydrogens (tertiary/aromatic N) is 1. The van der Waals surface area contributed by atoms with Crippen LogP contribution in [0.3, 0.4) is 0 Å². The first-order chi connectivity index (χ1) is 8.13. The van der Waals surface area contributed by atoms with Crippen molar-refractivity contribution in [1.29, 1.82) is 0 Å². The molecule has 1 aromatic rings. The van der Waals surface area contributed by atoms with Crippen molar-refractivity contribution in [1.82, 2.24) is 4.90 Å². The van der Waals surface area contributed by atoms with Crippen molar-refractivity contribution in [3.8, 4) is 0 Å². The molecule has 0 saturated carbocycles. The van der Waals surface area contributed by atoms with Crippen LogP contribution in [0.2, 0.25) is 0 Å². The highest BCUT2D eigenvalue weighted by Crippen LogP contribution is 2.10. The molecule has 0 aliphatic carbocycles. The molecule has 92 valence electrons. The molecule has 1 aliphatic rings. The zero-order valence-corrected chi connectivity index (χ0v) is 9.53. The molecule has 2 rings (SSSR count). The number of amides is 1. The van der Waals surface area contributed by atoms with E-state index >= 15 is 0 Å². The Morgan fingerprint density at radius 1 is 1.59 bits per heavy atom. The maximum Gasteiger partial charge on any atom is 0.238 e. The minimum absolute atomic E-state index is 0.135.